The van der Waals surface area contributed by atoms with Crippen LogP contribution in [0.3, 0.4) is 0 Å². The maximum absolute atomic E-state index is 9.89. The van der Waals surface area contributed by atoms with Crippen LogP contribution in [-0.4, -0.2) is 170 Å². The maximum Gasteiger partial charge on any atom is 0.236 e. The molecule has 0 atom stereocenters. The van der Waals surface area contributed by atoms with Gasteiger partial charge in [-0.3, -0.25) is 0 Å². The second kappa shape index (κ2) is 27.3. The molecule has 0 amide bonds. The molecule has 0 fully saturated rings. The Kier molecular flexibility index (Phi) is 20.5. The molecule has 0 unspecified atom stereocenters. The highest BCUT2D eigenvalue weighted by atomic mass is 16.3. The number of anilines is 13. The molecule has 0 bridgehead atoms. The van der Waals surface area contributed by atoms with Crippen LogP contribution in [0.25, 0.3) is 0 Å². The van der Waals surface area contributed by atoms with E-state index in [1.165, 1.54) is 29.2 Å². The summed E-state index contributed by atoms with van der Waals surface area (Å²) in [7, 11) is 14.5. The molecule has 430 valence electrons. The van der Waals surface area contributed by atoms with Crippen molar-refractivity contribution in [1.82, 2.24) is 59.8 Å². The summed E-state index contributed by atoms with van der Waals surface area (Å²) in [5.41, 5.74) is 35.1. The van der Waals surface area contributed by atoms with Gasteiger partial charge in [-0.25, -0.2) is 0 Å². The van der Waals surface area contributed by atoms with Gasteiger partial charge in [0.1, 0.15) is 0 Å². The van der Waals surface area contributed by atoms with E-state index < -0.39 is 0 Å². The normalized spacial score (nSPS) is 10.4. The summed E-state index contributed by atoms with van der Waals surface area (Å²) in [4.78, 5) is 58.3. The predicted molar refractivity (Wildman–Crippen MR) is 308 cm³/mol. The maximum atomic E-state index is 9.89. The van der Waals surface area contributed by atoms with Crippen molar-refractivity contribution in [1.29, 1.82) is 0 Å². The standard InChI is InChI=1S/C16H24N6O2.C12H16N6O2.C11H14N6O2.C10H12N6O2/c1-20(2)14-17-15(21(3)4)19-16(18-14)22(5)10-9-11-7-6-8-12(23)13(11)24;1-18(12-16-10(13)15-11(14)17-12)6-5-7-3-2-4-8(19)9(7)20;1-17(11-15-9(12)14-10(13)16-11)5-6-3-2-4-7(18)8(6)19;1-16(5-3-2-4-6(17)7(5)18)10-14-8(11)13-9(12)15-10/h6-8,23-24H,9-10H2,1-5H3;2-4,19-20H,5-6H2,1H3,(H4,13,14,15,16,17);2-4,18-19H,5H2,1H3,(H4,12,13,14,15,16);2-4,17-18H,1H3,(H4,11,12,13,14,15). The van der Waals surface area contributed by atoms with Gasteiger partial charge in [0, 0.05) is 81.6 Å². The van der Waals surface area contributed by atoms with Crippen molar-refractivity contribution in [2.45, 2.75) is 19.4 Å². The molecule has 0 aliphatic rings. The molecule has 4 aromatic carbocycles. The predicted octanol–water partition coefficient (Wildman–Crippen LogP) is 1.52. The average molecular weight is 1120 g/mol. The average Bonchev–Trinajstić information content (AvgIpc) is 3.41. The first-order chi connectivity index (χ1) is 38.2. The number of likely N-dealkylation sites (N-methyl/N-ethyl adjacent to an activating group) is 2. The van der Waals surface area contributed by atoms with Gasteiger partial charge in [-0.1, -0.05) is 42.5 Å². The van der Waals surface area contributed by atoms with Gasteiger partial charge >= 0.3 is 0 Å². The Balaban J connectivity index is 0.000000199. The zero-order valence-electron chi connectivity index (χ0n) is 45.6. The number of aromatic nitrogens is 12. The Hall–Kier alpha value is -11.1. The van der Waals surface area contributed by atoms with Gasteiger partial charge in [-0.05, 0) is 54.3 Å². The van der Waals surface area contributed by atoms with E-state index in [0.717, 1.165) is 0 Å². The van der Waals surface area contributed by atoms with Gasteiger partial charge in [0.2, 0.25) is 71.4 Å². The molecule has 0 aliphatic carbocycles. The molecule has 8 rings (SSSR count). The highest BCUT2D eigenvalue weighted by Crippen LogP contribution is 2.37. The first-order valence-electron chi connectivity index (χ1n) is 24.0. The van der Waals surface area contributed by atoms with Gasteiger partial charge in [0.25, 0.3) is 0 Å². The van der Waals surface area contributed by atoms with E-state index in [2.05, 4.69) is 59.8 Å². The molecule has 32 nitrogen and oxygen atoms in total. The molecule has 81 heavy (non-hydrogen) atoms. The smallest absolute Gasteiger partial charge is 0.236 e. The number of phenolic OH excluding ortho intramolecular Hbond substituents is 8. The fraction of sp³-hybridized carbons (Fsp3) is 0.265. The quantitative estimate of drug-likeness (QED) is 0.0647. The SMILES string of the molecule is CN(C)c1nc(N(C)C)nc(N(C)CCc2cccc(O)c2O)n1.CN(CCc1cccc(O)c1O)c1nc(N)nc(N)n1.CN(Cc1cccc(O)c1O)c1nc(N)nc(N)n1.CN(c1nc(N)nc(N)n1)c1cccc(O)c1O. The summed E-state index contributed by atoms with van der Waals surface area (Å²) in [6, 6.07) is 19.0. The minimum atomic E-state index is -0.280. The number of benzene rings is 4. The van der Waals surface area contributed by atoms with Crippen LogP contribution < -0.4 is 63.8 Å². The molecule has 20 N–H and O–H groups in total. The van der Waals surface area contributed by atoms with Crippen molar-refractivity contribution in [2.24, 2.45) is 0 Å². The highest BCUT2D eigenvalue weighted by Gasteiger charge is 2.18. The lowest BCUT2D eigenvalue weighted by Crippen LogP contribution is -2.26. The van der Waals surface area contributed by atoms with Crippen molar-refractivity contribution in [3.63, 3.8) is 0 Å². The number of nitrogens with zero attached hydrogens (tertiary/aromatic N) is 18. The number of nitrogens with two attached hydrogens (primary N) is 6. The molecule has 0 saturated carbocycles. The van der Waals surface area contributed by atoms with Crippen molar-refractivity contribution in [2.75, 3.05) is 133 Å². The summed E-state index contributed by atoms with van der Waals surface area (Å²) in [6.45, 7) is 1.38. The van der Waals surface area contributed by atoms with Crippen LogP contribution in [0.2, 0.25) is 0 Å². The van der Waals surface area contributed by atoms with Crippen LogP contribution in [0.15, 0.2) is 72.8 Å². The van der Waals surface area contributed by atoms with Crippen molar-refractivity contribution in [3.8, 4) is 46.0 Å². The number of phenols is 8. The van der Waals surface area contributed by atoms with Crippen LogP contribution in [0.1, 0.15) is 16.7 Å². The molecule has 0 saturated heterocycles. The third-order valence-electron chi connectivity index (χ3n) is 11.2. The Morgan fingerprint density at radius 3 is 1.00 bits per heavy atom. The van der Waals surface area contributed by atoms with E-state index >= 15 is 0 Å². The fourth-order valence-electron chi connectivity index (χ4n) is 6.86. The van der Waals surface area contributed by atoms with Gasteiger partial charge in [0.05, 0.1) is 5.69 Å². The van der Waals surface area contributed by atoms with Crippen molar-refractivity contribution >= 4 is 77.1 Å². The number of aromatic hydroxyl groups is 8. The third kappa shape index (κ3) is 17.0. The largest absolute Gasteiger partial charge is 0.504 e. The molecule has 4 aromatic heterocycles. The first kappa shape index (κ1) is 60.8. The minimum Gasteiger partial charge on any atom is -0.504 e. The molecule has 8 aromatic rings. The molecule has 0 radical (unpaired) electrons. The molecule has 4 heterocycles. The molecular weight excluding hydrogens is 1050 g/mol. The highest BCUT2D eigenvalue weighted by molar-refractivity contribution is 5.69. The lowest BCUT2D eigenvalue weighted by atomic mass is 10.1. The van der Waals surface area contributed by atoms with E-state index in [4.69, 9.17) is 34.4 Å². The Labute approximate surface area is 464 Å². The molecule has 32 heteroatoms. The lowest BCUT2D eigenvalue weighted by Gasteiger charge is -2.21. The molecule has 0 aliphatic heterocycles. The summed E-state index contributed by atoms with van der Waals surface area (Å²) in [5.74, 6) is 1.30. The van der Waals surface area contributed by atoms with Gasteiger partial charge in [-0.2, -0.15) is 59.8 Å². The van der Waals surface area contributed by atoms with Gasteiger partial charge in [-0.15, -0.1) is 0 Å². The summed E-state index contributed by atoms with van der Waals surface area (Å²) >= 11 is 0. The Bertz CT molecular complexity index is 3310. The van der Waals surface area contributed by atoms with E-state index in [1.807, 2.05) is 49.9 Å². The zero-order chi connectivity index (χ0) is 59.8. The van der Waals surface area contributed by atoms with Crippen LogP contribution >= 0.6 is 0 Å². The molecular formula is C49H66N24O8. The van der Waals surface area contributed by atoms with Crippen LogP contribution in [-0.2, 0) is 19.4 Å². The Morgan fingerprint density at radius 2 is 0.617 bits per heavy atom. The van der Waals surface area contributed by atoms with Crippen LogP contribution in [0.5, 0.6) is 46.0 Å². The van der Waals surface area contributed by atoms with Crippen LogP contribution in [0.4, 0.5) is 77.1 Å². The van der Waals surface area contributed by atoms with E-state index in [1.54, 1.807) is 79.5 Å². The summed E-state index contributed by atoms with van der Waals surface area (Å²) in [6.07, 6.45) is 1.05. The minimum absolute atomic E-state index is 0.0227. The summed E-state index contributed by atoms with van der Waals surface area (Å²) in [5, 5.41) is 76.9. The number of hydrogen-bond donors (Lipinski definition) is 14. The van der Waals surface area contributed by atoms with Gasteiger partial charge < -0.3 is 105 Å². The lowest BCUT2D eigenvalue weighted by molar-refractivity contribution is 0.399. The Morgan fingerprint density at radius 1 is 0.321 bits per heavy atom. The number of hydrogen-bond acceptors (Lipinski definition) is 32. The van der Waals surface area contributed by atoms with E-state index in [-0.39, 0.29) is 100 Å². The summed E-state index contributed by atoms with van der Waals surface area (Å²) < 4.78 is 0. The monoisotopic (exact) mass is 1120 g/mol. The van der Waals surface area contributed by atoms with Crippen LogP contribution in [0, 0.1) is 0 Å². The number of rotatable bonds is 15. The first-order valence-corrected chi connectivity index (χ1v) is 24.0. The second-order valence-electron chi connectivity index (χ2n) is 17.8. The topological polar surface area (TPSA) is 492 Å². The number of para-hydroxylation sites is 4. The van der Waals surface area contributed by atoms with E-state index in [0.29, 0.717) is 72.1 Å². The van der Waals surface area contributed by atoms with Crippen molar-refractivity contribution < 1.29 is 40.9 Å². The number of nitrogen functional groups attached to an aromatic ring is 6. The van der Waals surface area contributed by atoms with Gasteiger partial charge in [0.15, 0.2) is 46.0 Å². The third-order valence-corrected chi connectivity index (χ3v) is 11.2. The fourth-order valence-corrected chi connectivity index (χ4v) is 6.86. The second-order valence-corrected chi connectivity index (χ2v) is 17.8. The molecule has 0 spiro atoms. The van der Waals surface area contributed by atoms with Crippen molar-refractivity contribution in [3.05, 3.63) is 89.5 Å². The zero-order valence-corrected chi connectivity index (χ0v) is 45.6. The van der Waals surface area contributed by atoms with E-state index in [9.17, 15) is 40.9 Å².